The van der Waals surface area contributed by atoms with Gasteiger partial charge < -0.3 is 10.2 Å². The predicted molar refractivity (Wildman–Crippen MR) is 149 cm³/mol. The van der Waals surface area contributed by atoms with Crippen LogP contribution in [0.3, 0.4) is 0 Å². The van der Waals surface area contributed by atoms with Crippen molar-refractivity contribution >= 4 is 34.7 Å². The Labute approximate surface area is 237 Å². The Kier molecular flexibility index (Phi) is 7.92. The largest absolute Gasteiger partial charge is 0.481 e. The van der Waals surface area contributed by atoms with Gasteiger partial charge in [-0.2, -0.15) is 13.2 Å². The average Bonchev–Trinajstić information content (AvgIpc) is 2.92. The molecule has 1 aliphatic rings. The number of halogens is 3. The van der Waals surface area contributed by atoms with Crippen LogP contribution < -0.4 is 5.56 Å². The number of alkyl halides is 3. The topological polar surface area (TPSA) is 99.8 Å². The summed E-state index contributed by atoms with van der Waals surface area (Å²) in [5.41, 5.74) is 0.405. The summed E-state index contributed by atoms with van der Waals surface area (Å²) in [5, 5.41) is 21.2. The summed E-state index contributed by atoms with van der Waals surface area (Å²) >= 11 is 1.07. The molecule has 41 heavy (non-hydrogen) atoms. The van der Waals surface area contributed by atoms with E-state index in [-0.39, 0.29) is 42.9 Å². The molecule has 0 amide bonds. The van der Waals surface area contributed by atoms with Crippen molar-refractivity contribution in [3.63, 3.8) is 0 Å². The Morgan fingerprint density at radius 3 is 2.41 bits per heavy atom. The van der Waals surface area contributed by atoms with E-state index in [1.165, 1.54) is 18.2 Å². The standard InChI is InChI=1S/C30H25F3N2O5S/c31-30(32,33)22-10-4-9-20(15-22)27-21(14-19-8-3-7-18-6-1-2-11-23(18)19)16-25(36)35-24(29(39)40)17-34(41-28(27)35)13-5-12-26(37)38/h1-4,6-11,15-16,24H,5,12-14,17H2,(H,37,38)(H,39,40). The van der Waals surface area contributed by atoms with Gasteiger partial charge in [0.25, 0.3) is 5.56 Å². The molecule has 0 spiro atoms. The van der Waals surface area contributed by atoms with Gasteiger partial charge >= 0.3 is 18.1 Å². The first kappa shape index (κ1) is 28.4. The van der Waals surface area contributed by atoms with E-state index >= 15 is 0 Å². The van der Waals surface area contributed by atoms with Crippen LogP contribution in [0.1, 0.15) is 35.6 Å². The summed E-state index contributed by atoms with van der Waals surface area (Å²) in [6, 6.07) is 18.1. The van der Waals surface area contributed by atoms with Crippen LogP contribution in [0.2, 0.25) is 0 Å². The van der Waals surface area contributed by atoms with Gasteiger partial charge in [0.15, 0.2) is 0 Å². The molecule has 1 aromatic heterocycles. The molecular formula is C30H25F3N2O5S. The van der Waals surface area contributed by atoms with Crippen LogP contribution in [0.15, 0.2) is 82.6 Å². The Morgan fingerprint density at radius 1 is 0.951 bits per heavy atom. The maximum absolute atomic E-state index is 13.7. The molecule has 2 N–H and O–H groups in total. The summed E-state index contributed by atoms with van der Waals surface area (Å²) in [6.45, 7) is 0.141. The fraction of sp³-hybridized carbons (Fsp3) is 0.233. The highest BCUT2D eigenvalue weighted by Crippen LogP contribution is 2.42. The van der Waals surface area contributed by atoms with Gasteiger partial charge in [-0.15, -0.1) is 0 Å². The van der Waals surface area contributed by atoms with Gasteiger partial charge in [-0.05, 0) is 64.4 Å². The van der Waals surface area contributed by atoms with Crippen molar-refractivity contribution in [2.75, 3.05) is 13.1 Å². The molecule has 0 aliphatic carbocycles. The van der Waals surface area contributed by atoms with Crippen LogP contribution in [-0.2, 0) is 22.2 Å². The number of carboxylic acids is 2. The summed E-state index contributed by atoms with van der Waals surface area (Å²) in [4.78, 5) is 36.9. The quantitative estimate of drug-likeness (QED) is 0.243. The molecule has 212 valence electrons. The number of hydrogen-bond acceptors (Lipinski definition) is 5. The van der Waals surface area contributed by atoms with Crippen LogP contribution >= 0.6 is 11.9 Å². The SMILES string of the molecule is O=C(O)CCCN1CC(C(=O)O)n2c(c(-c3cccc(C(F)(F)F)c3)c(Cc3cccc4ccccc34)cc2=O)S1. The van der Waals surface area contributed by atoms with Crippen molar-refractivity contribution in [1.29, 1.82) is 0 Å². The first-order valence-corrected chi connectivity index (χ1v) is 13.6. The molecule has 0 bridgehead atoms. The highest BCUT2D eigenvalue weighted by Gasteiger charge is 2.36. The molecule has 0 saturated carbocycles. The zero-order chi connectivity index (χ0) is 29.3. The molecular weight excluding hydrogens is 557 g/mol. The summed E-state index contributed by atoms with van der Waals surface area (Å²) in [7, 11) is 0. The number of pyridine rings is 1. The van der Waals surface area contributed by atoms with E-state index in [0.717, 1.165) is 45.0 Å². The van der Waals surface area contributed by atoms with Gasteiger partial charge in [0.2, 0.25) is 0 Å². The van der Waals surface area contributed by atoms with Gasteiger partial charge in [0, 0.05) is 31.1 Å². The summed E-state index contributed by atoms with van der Waals surface area (Å²) in [5.74, 6) is -2.27. The molecule has 5 rings (SSSR count). The van der Waals surface area contributed by atoms with E-state index in [2.05, 4.69) is 0 Å². The number of nitrogens with zero attached hydrogens (tertiary/aromatic N) is 2. The van der Waals surface area contributed by atoms with E-state index in [1.54, 1.807) is 4.31 Å². The van der Waals surface area contributed by atoms with Crippen molar-refractivity contribution < 1.29 is 33.0 Å². The molecule has 1 atom stereocenters. The molecule has 1 aliphatic heterocycles. The smallest absolute Gasteiger partial charge is 0.416 e. The van der Waals surface area contributed by atoms with Crippen molar-refractivity contribution in [2.24, 2.45) is 0 Å². The third kappa shape index (κ3) is 6.01. The molecule has 1 unspecified atom stereocenters. The first-order valence-electron chi connectivity index (χ1n) is 12.8. The molecule has 3 aromatic carbocycles. The van der Waals surface area contributed by atoms with Gasteiger partial charge in [0.1, 0.15) is 11.1 Å². The van der Waals surface area contributed by atoms with E-state index in [9.17, 15) is 32.7 Å². The minimum atomic E-state index is -4.61. The van der Waals surface area contributed by atoms with Crippen molar-refractivity contribution in [3.05, 3.63) is 99.8 Å². The van der Waals surface area contributed by atoms with Crippen LogP contribution in [0.4, 0.5) is 13.2 Å². The van der Waals surface area contributed by atoms with Crippen molar-refractivity contribution in [3.8, 4) is 11.1 Å². The lowest BCUT2D eigenvalue weighted by molar-refractivity contribution is -0.142. The van der Waals surface area contributed by atoms with Crippen molar-refractivity contribution in [2.45, 2.75) is 36.5 Å². The fourth-order valence-corrected chi connectivity index (χ4v) is 6.48. The van der Waals surface area contributed by atoms with Gasteiger partial charge in [-0.1, -0.05) is 54.6 Å². The Hall–Kier alpha value is -4.09. The number of benzene rings is 3. The van der Waals surface area contributed by atoms with E-state index in [0.29, 0.717) is 11.1 Å². The Morgan fingerprint density at radius 2 is 1.68 bits per heavy atom. The lowest BCUT2D eigenvalue weighted by atomic mass is 9.93. The van der Waals surface area contributed by atoms with Crippen LogP contribution in [0.5, 0.6) is 0 Å². The monoisotopic (exact) mass is 582 g/mol. The normalized spacial score (nSPS) is 15.5. The van der Waals surface area contributed by atoms with Gasteiger partial charge in [-0.25, -0.2) is 9.10 Å². The second kappa shape index (κ2) is 11.4. The second-order valence-corrected chi connectivity index (χ2v) is 10.9. The maximum atomic E-state index is 13.7. The molecule has 11 heteroatoms. The number of rotatable bonds is 8. The lowest BCUT2D eigenvalue weighted by Crippen LogP contribution is -2.42. The third-order valence-electron chi connectivity index (χ3n) is 7.02. The number of aromatic nitrogens is 1. The summed E-state index contributed by atoms with van der Waals surface area (Å²) in [6.07, 6.45) is -4.30. The zero-order valence-electron chi connectivity index (χ0n) is 21.6. The number of fused-ring (bicyclic) bond motifs is 2. The first-order chi connectivity index (χ1) is 19.5. The van der Waals surface area contributed by atoms with E-state index in [1.807, 2.05) is 42.5 Å². The highest BCUT2D eigenvalue weighted by atomic mass is 32.2. The van der Waals surface area contributed by atoms with Gasteiger partial charge in [-0.3, -0.25) is 14.2 Å². The number of hydrogen-bond donors (Lipinski definition) is 2. The number of carboxylic acid groups (broad SMARTS) is 2. The molecule has 0 fully saturated rings. The molecule has 2 heterocycles. The Bertz CT molecular complexity index is 1700. The molecule has 4 aromatic rings. The maximum Gasteiger partial charge on any atom is 0.416 e. The van der Waals surface area contributed by atoms with Crippen LogP contribution in [0.25, 0.3) is 21.9 Å². The van der Waals surface area contributed by atoms with Crippen LogP contribution in [-0.4, -0.2) is 44.1 Å². The minimum Gasteiger partial charge on any atom is -0.481 e. The molecule has 7 nitrogen and oxygen atoms in total. The second-order valence-electron chi connectivity index (χ2n) is 9.78. The predicted octanol–water partition coefficient (Wildman–Crippen LogP) is 6.09. The molecule has 0 saturated heterocycles. The molecule has 0 radical (unpaired) electrons. The lowest BCUT2D eigenvalue weighted by Gasteiger charge is -2.34. The average molecular weight is 583 g/mol. The van der Waals surface area contributed by atoms with Gasteiger partial charge in [0.05, 0.1) is 5.56 Å². The Balaban J connectivity index is 1.72. The van der Waals surface area contributed by atoms with E-state index in [4.69, 9.17) is 5.11 Å². The van der Waals surface area contributed by atoms with E-state index < -0.39 is 35.3 Å². The minimum absolute atomic E-state index is 0.0722. The number of aliphatic carboxylic acids is 2. The zero-order valence-corrected chi connectivity index (χ0v) is 22.4. The number of carbonyl (C=O) groups is 2. The van der Waals surface area contributed by atoms with Crippen LogP contribution in [0, 0.1) is 0 Å². The fourth-order valence-electron chi connectivity index (χ4n) is 5.15. The third-order valence-corrected chi connectivity index (χ3v) is 8.18. The van der Waals surface area contributed by atoms with Crippen molar-refractivity contribution in [1.82, 2.24) is 8.87 Å². The highest BCUT2D eigenvalue weighted by molar-refractivity contribution is 7.97. The summed E-state index contributed by atoms with van der Waals surface area (Å²) < 4.78 is 44.0.